The largest absolute Gasteiger partial charge is 0.331 e. The van der Waals surface area contributed by atoms with Gasteiger partial charge in [-0.1, -0.05) is 23.8 Å². The summed E-state index contributed by atoms with van der Waals surface area (Å²) in [6.45, 7) is 0. The van der Waals surface area contributed by atoms with Crippen molar-refractivity contribution in [3.05, 3.63) is 46.1 Å². The number of hydrogen-bond acceptors (Lipinski definition) is 4. The number of hydrogen-bond donors (Lipinski definition) is 4. The fourth-order valence-corrected chi connectivity index (χ4v) is 1.64. The van der Waals surface area contributed by atoms with Crippen molar-refractivity contribution in [2.24, 2.45) is 0 Å². The summed E-state index contributed by atoms with van der Waals surface area (Å²) in [5, 5.41) is 10.7. The van der Waals surface area contributed by atoms with E-state index in [9.17, 15) is 0 Å². The Morgan fingerprint density at radius 2 is 1.89 bits per heavy atom. The minimum Gasteiger partial charge on any atom is -0.331 e. The third-order valence-corrected chi connectivity index (χ3v) is 2.77. The molecule has 0 amide bonds. The predicted octanol–water partition coefficient (Wildman–Crippen LogP) is 3.11. The molecule has 2 rings (SSSR count). The number of aromatic amines is 1. The molecule has 1 aromatic carbocycles. The quantitative estimate of drug-likeness (QED) is 0.516. The van der Waals surface area contributed by atoms with Crippen LogP contribution in [0.5, 0.6) is 0 Å². The number of nitrogens with one attached hydrogen (secondary N) is 4. The molecule has 0 aliphatic carbocycles. The van der Waals surface area contributed by atoms with E-state index in [0.717, 1.165) is 5.69 Å². The minimum atomic E-state index is 0.409. The van der Waals surface area contributed by atoms with Crippen LogP contribution < -0.4 is 16.2 Å². The number of halogens is 1. The van der Waals surface area contributed by atoms with Crippen LogP contribution in [-0.4, -0.2) is 15.3 Å². The summed E-state index contributed by atoms with van der Waals surface area (Å²) < 4.78 is 0.562. The SMILES string of the molecule is S=C(NNc1ccc(=S)[nH]n1)Nc1ccc(Cl)cc1. The van der Waals surface area contributed by atoms with E-state index in [1.807, 2.05) is 12.1 Å². The Balaban J connectivity index is 1.86. The summed E-state index contributed by atoms with van der Waals surface area (Å²) in [6.07, 6.45) is 0. The van der Waals surface area contributed by atoms with Crippen LogP contribution in [0.15, 0.2) is 36.4 Å². The van der Waals surface area contributed by atoms with Crippen molar-refractivity contribution in [3.63, 3.8) is 0 Å². The lowest BCUT2D eigenvalue weighted by Gasteiger charge is -2.11. The summed E-state index contributed by atoms with van der Waals surface area (Å²) in [5.41, 5.74) is 6.47. The van der Waals surface area contributed by atoms with Crippen LogP contribution in [0.1, 0.15) is 0 Å². The predicted molar refractivity (Wildman–Crippen MR) is 83.9 cm³/mol. The molecule has 0 saturated heterocycles. The maximum atomic E-state index is 5.79. The van der Waals surface area contributed by atoms with Crippen molar-refractivity contribution in [2.75, 3.05) is 10.7 Å². The molecule has 4 N–H and O–H groups in total. The molecule has 2 aromatic rings. The molecule has 0 radical (unpaired) electrons. The maximum Gasteiger partial charge on any atom is 0.189 e. The van der Waals surface area contributed by atoms with Gasteiger partial charge >= 0.3 is 0 Å². The monoisotopic (exact) mass is 311 g/mol. The van der Waals surface area contributed by atoms with Crippen LogP contribution in [0.2, 0.25) is 5.02 Å². The first-order chi connectivity index (χ1) is 9.13. The first kappa shape index (κ1) is 13.7. The van der Waals surface area contributed by atoms with Gasteiger partial charge in [0.05, 0.1) is 0 Å². The van der Waals surface area contributed by atoms with Gasteiger partial charge in [-0.3, -0.25) is 16.0 Å². The van der Waals surface area contributed by atoms with Gasteiger partial charge in [0.1, 0.15) is 4.64 Å². The third-order valence-electron chi connectivity index (χ3n) is 2.09. The van der Waals surface area contributed by atoms with E-state index in [-0.39, 0.29) is 0 Å². The second-order valence-electron chi connectivity index (χ2n) is 3.52. The second-order valence-corrected chi connectivity index (χ2v) is 4.80. The molecular formula is C11H10ClN5S2. The highest BCUT2D eigenvalue weighted by Gasteiger charge is 1.98. The van der Waals surface area contributed by atoms with Gasteiger partial charge in [-0.25, -0.2) is 0 Å². The normalized spacial score (nSPS) is 9.74. The Hall–Kier alpha value is -1.70. The van der Waals surface area contributed by atoms with E-state index in [0.29, 0.717) is 20.6 Å². The van der Waals surface area contributed by atoms with Crippen LogP contribution in [0, 0.1) is 4.64 Å². The number of benzene rings is 1. The van der Waals surface area contributed by atoms with Gasteiger partial charge in [0.2, 0.25) is 0 Å². The van der Waals surface area contributed by atoms with Gasteiger partial charge in [-0.05, 0) is 48.6 Å². The van der Waals surface area contributed by atoms with Crippen LogP contribution in [0.3, 0.4) is 0 Å². The van der Waals surface area contributed by atoms with E-state index < -0.39 is 0 Å². The van der Waals surface area contributed by atoms with Crippen molar-refractivity contribution in [2.45, 2.75) is 0 Å². The number of aromatic nitrogens is 2. The molecule has 1 aromatic heterocycles. The Morgan fingerprint density at radius 3 is 2.53 bits per heavy atom. The molecule has 98 valence electrons. The van der Waals surface area contributed by atoms with Crippen molar-refractivity contribution < 1.29 is 0 Å². The van der Waals surface area contributed by atoms with Crippen LogP contribution >= 0.6 is 36.0 Å². The molecule has 0 atom stereocenters. The molecule has 0 aliphatic heterocycles. The topological polar surface area (TPSA) is 64.8 Å². The smallest absolute Gasteiger partial charge is 0.189 e. The highest BCUT2D eigenvalue weighted by molar-refractivity contribution is 7.80. The summed E-state index contributed by atoms with van der Waals surface area (Å²) >= 11 is 15.8. The highest BCUT2D eigenvalue weighted by atomic mass is 35.5. The Bertz CT molecular complexity index is 605. The van der Waals surface area contributed by atoms with Gasteiger partial charge in [0, 0.05) is 10.7 Å². The van der Waals surface area contributed by atoms with E-state index in [1.165, 1.54) is 0 Å². The molecular weight excluding hydrogens is 302 g/mol. The lowest BCUT2D eigenvalue weighted by atomic mass is 10.3. The van der Waals surface area contributed by atoms with Crippen LogP contribution in [0.25, 0.3) is 0 Å². The summed E-state index contributed by atoms with van der Waals surface area (Å²) in [7, 11) is 0. The Kier molecular flexibility index (Phi) is 4.67. The van der Waals surface area contributed by atoms with Crippen molar-refractivity contribution >= 4 is 52.7 Å². The lowest BCUT2D eigenvalue weighted by Crippen LogP contribution is -2.33. The summed E-state index contributed by atoms with van der Waals surface area (Å²) in [6, 6.07) is 10.7. The summed E-state index contributed by atoms with van der Waals surface area (Å²) in [5.74, 6) is 0.578. The molecule has 0 bridgehead atoms. The van der Waals surface area contributed by atoms with Crippen molar-refractivity contribution in [1.82, 2.24) is 15.6 Å². The zero-order chi connectivity index (χ0) is 13.7. The van der Waals surface area contributed by atoms with Crippen molar-refractivity contribution in [3.8, 4) is 0 Å². The minimum absolute atomic E-state index is 0.409. The van der Waals surface area contributed by atoms with E-state index in [4.69, 9.17) is 36.0 Å². The molecule has 5 nitrogen and oxygen atoms in total. The maximum absolute atomic E-state index is 5.79. The van der Waals surface area contributed by atoms with Gasteiger partial charge < -0.3 is 5.32 Å². The first-order valence-electron chi connectivity index (χ1n) is 5.28. The number of H-pyrrole nitrogens is 1. The second kappa shape index (κ2) is 6.46. The fraction of sp³-hybridized carbons (Fsp3) is 0. The number of thiocarbonyl (C=S) groups is 1. The van der Waals surface area contributed by atoms with E-state index in [1.54, 1.807) is 24.3 Å². The zero-order valence-electron chi connectivity index (χ0n) is 9.61. The Morgan fingerprint density at radius 1 is 1.16 bits per heavy atom. The Labute approximate surface area is 125 Å². The third kappa shape index (κ3) is 4.47. The lowest BCUT2D eigenvalue weighted by molar-refractivity contribution is 0.981. The average molecular weight is 312 g/mol. The number of hydrazine groups is 1. The summed E-state index contributed by atoms with van der Waals surface area (Å²) in [4.78, 5) is 0. The van der Waals surface area contributed by atoms with Crippen LogP contribution in [-0.2, 0) is 0 Å². The van der Waals surface area contributed by atoms with Gasteiger partial charge in [0.15, 0.2) is 10.9 Å². The number of rotatable bonds is 3. The average Bonchev–Trinajstić information content (AvgIpc) is 2.41. The molecule has 0 spiro atoms. The van der Waals surface area contributed by atoms with Crippen LogP contribution in [0.4, 0.5) is 11.5 Å². The van der Waals surface area contributed by atoms with Crippen molar-refractivity contribution in [1.29, 1.82) is 0 Å². The molecule has 1 heterocycles. The number of anilines is 2. The highest BCUT2D eigenvalue weighted by Crippen LogP contribution is 2.13. The first-order valence-corrected chi connectivity index (χ1v) is 6.47. The van der Waals surface area contributed by atoms with E-state index in [2.05, 4.69) is 26.4 Å². The van der Waals surface area contributed by atoms with Gasteiger partial charge in [-0.2, -0.15) is 5.10 Å². The van der Waals surface area contributed by atoms with E-state index >= 15 is 0 Å². The zero-order valence-corrected chi connectivity index (χ0v) is 12.0. The molecule has 8 heteroatoms. The standard InChI is InChI=1S/C11H10ClN5S2/c12-7-1-3-8(4-2-7)13-11(19)17-15-9-5-6-10(18)16-14-9/h1-6H,(H,14,15)(H,16,18)(H2,13,17,19). The fourth-order valence-electron chi connectivity index (χ4n) is 1.23. The van der Waals surface area contributed by atoms with Gasteiger partial charge in [0.25, 0.3) is 0 Å². The molecule has 0 aliphatic rings. The number of nitrogens with zero attached hydrogens (tertiary/aromatic N) is 1. The molecule has 0 fully saturated rings. The molecule has 0 unspecified atom stereocenters. The molecule has 19 heavy (non-hydrogen) atoms. The van der Waals surface area contributed by atoms with Gasteiger partial charge in [-0.15, -0.1) is 0 Å². The molecule has 0 saturated carbocycles.